The van der Waals surface area contributed by atoms with Crippen molar-refractivity contribution in [3.05, 3.63) is 0 Å². The predicted molar refractivity (Wildman–Crippen MR) is 66.4 cm³/mol. The van der Waals surface area contributed by atoms with Gasteiger partial charge < -0.3 is 14.2 Å². The Bertz CT molecular complexity index is 287. The molecule has 1 aliphatic heterocycles. The molecule has 1 saturated heterocycles. The smallest absolute Gasteiger partial charge is 0.328 e. The maximum absolute atomic E-state index is 11.9. The van der Waals surface area contributed by atoms with E-state index in [2.05, 4.69) is 5.32 Å². The van der Waals surface area contributed by atoms with Gasteiger partial charge in [-0.2, -0.15) is 0 Å². The normalized spacial score (nSPS) is 24.6. The van der Waals surface area contributed by atoms with Gasteiger partial charge in [-0.15, -0.1) is 0 Å². The van der Waals surface area contributed by atoms with Crippen LogP contribution in [0.1, 0.15) is 32.6 Å². The average Bonchev–Trinajstić information content (AvgIpc) is 3.20. The van der Waals surface area contributed by atoms with E-state index in [4.69, 9.17) is 14.2 Å². The highest BCUT2D eigenvalue weighted by Gasteiger charge is 2.40. The minimum Gasteiger partial charge on any atom is -0.468 e. The van der Waals surface area contributed by atoms with Crippen LogP contribution >= 0.6 is 0 Å². The molecule has 1 heterocycles. The van der Waals surface area contributed by atoms with Crippen molar-refractivity contribution in [1.82, 2.24) is 5.32 Å². The molecule has 1 atom stereocenters. The number of hydrogen-bond acceptors (Lipinski definition) is 5. The summed E-state index contributed by atoms with van der Waals surface area (Å²) in [5.41, 5.74) is -0.728. The van der Waals surface area contributed by atoms with Crippen LogP contribution in [0.15, 0.2) is 0 Å². The van der Waals surface area contributed by atoms with Gasteiger partial charge in [-0.1, -0.05) is 0 Å². The Hall–Kier alpha value is -0.650. The third kappa shape index (κ3) is 3.67. The third-order valence-corrected chi connectivity index (χ3v) is 3.51. The molecule has 2 rings (SSSR count). The average molecular weight is 257 g/mol. The van der Waals surface area contributed by atoms with Crippen LogP contribution in [0.25, 0.3) is 0 Å². The molecule has 104 valence electrons. The fraction of sp³-hybridized carbons (Fsp3) is 0.923. The molecular weight excluding hydrogens is 234 g/mol. The highest BCUT2D eigenvalue weighted by Crippen LogP contribution is 2.24. The molecule has 0 amide bonds. The summed E-state index contributed by atoms with van der Waals surface area (Å²) in [6.45, 7) is 3.71. The molecule has 0 spiro atoms. The molecule has 1 N–H and O–H groups in total. The molecule has 2 aliphatic rings. The Labute approximate surface area is 108 Å². The number of esters is 1. The van der Waals surface area contributed by atoms with Gasteiger partial charge in [0.25, 0.3) is 0 Å². The molecule has 0 aromatic heterocycles. The standard InChI is InChI=1S/C13H23NO4/c1-13(12(15)16-2,14-10-3-4-10)9-18-11-5-7-17-8-6-11/h10-11,14H,3-9H2,1-2H3. The van der Waals surface area contributed by atoms with Gasteiger partial charge in [-0.25, -0.2) is 4.79 Å². The first kappa shape index (κ1) is 13.8. The molecule has 1 unspecified atom stereocenters. The molecule has 18 heavy (non-hydrogen) atoms. The summed E-state index contributed by atoms with van der Waals surface area (Å²) in [6, 6.07) is 0.437. The van der Waals surface area contributed by atoms with Gasteiger partial charge >= 0.3 is 5.97 Å². The maximum atomic E-state index is 11.9. The second-order valence-electron chi connectivity index (χ2n) is 5.37. The van der Waals surface area contributed by atoms with E-state index in [9.17, 15) is 4.79 Å². The van der Waals surface area contributed by atoms with E-state index in [0.29, 0.717) is 12.6 Å². The summed E-state index contributed by atoms with van der Waals surface area (Å²) >= 11 is 0. The minimum atomic E-state index is -0.728. The lowest BCUT2D eigenvalue weighted by molar-refractivity contribution is -0.152. The molecule has 5 heteroatoms. The number of carbonyl (C=O) groups is 1. The largest absolute Gasteiger partial charge is 0.468 e. The first-order valence-corrected chi connectivity index (χ1v) is 6.69. The van der Waals surface area contributed by atoms with E-state index in [1.54, 1.807) is 0 Å². The Kier molecular flexibility index (Phi) is 4.59. The van der Waals surface area contributed by atoms with Gasteiger partial charge in [0.1, 0.15) is 5.54 Å². The fourth-order valence-corrected chi connectivity index (χ4v) is 2.19. The summed E-state index contributed by atoms with van der Waals surface area (Å²) < 4.78 is 16.0. The Balaban J connectivity index is 1.85. The number of rotatable bonds is 6. The second-order valence-corrected chi connectivity index (χ2v) is 5.37. The molecule has 0 aromatic rings. The van der Waals surface area contributed by atoms with Gasteiger partial charge in [-0.05, 0) is 32.6 Å². The molecular formula is C13H23NO4. The molecule has 1 aliphatic carbocycles. The quantitative estimate of drug-likeness (QED) is 0.715. The van der Waals surface area contributed by atoms with Crippen LogP contribution < -0.4 is 5.32 Å². The lowest BCUT2D eigenvalue weighted by Gasteiger charge is -2.31. The molecule has 5 nitrogen and oxygen atoms in total. The van der Waals surface area contributed by atoms with Gasteiger partial charge in [0.15, 0.2) is 0 Å². The zero-order valence-corrected chi connectivity index (χ0v) is 11.2. The number of methoxy groups -OCH3 is 1. The summed E-state index contributed by atoms with van der Waals surface area (Å²) in [5.74, 6) is -0.249. The highest BCUT2D eigenvalue weighted by atomic mass is 16.5. The van der Waals surface area contributed by atoms with E-state index in [0.717, 1.165) is 38.9 Å². The van der Waals surface area contributed by atoms with Crippen molar-refractivity contribution in [2.45, 2.75) is 50.3 Å². The van der Waals surface area contributed by atoms with E-state index >= 15 is 0 Å². The van der Waals surface area contributed by atoms with Gasteiger partial charge in [0.2, 0.25) is 0 Å². The Morgan fingerprint density at radius 1 is 1.33 bits per heavy atom. The number of carbonyl (C=O) groups excluding carboxylic acids is 1. The third-order valence-electron chi connectivity index (χ3n) is 3.51. The van der Waals surface area contributed by atoms with E-state index in [1.807, 2.05) is 6.92 Å². The molecule has 1 saturated carbocycles. The lowest BCUT2D eigenvalue weighted by atomic mass is 10.0. The van der Waals surface area contributed by atoms with Crippen molar-refractivity contribution in [1.29, 1.82) is 0 Å². The topological polar surface area (TPSA) is 56.8 Å². The van der Waals surface area contributed by atoms with Crippen molar-refractivity contribution in [2.24, 2.45) is 0 Å². The van der Waals surface area contributed by atoms with Crippen LogP contribution in [-0.2, 0) is 19.0 Å². The molecule has 0 bridgehead atoms. The molecule has 0 aromatic carbocycles. The summed E-state index contributed by atoms with van der Waals surface area (Å²) in [5, 5.41) is 3.33. The van der Waals surface area contributed by atoms with Crippen LogP contribution in [0, 0.1) is 0 Å². The van der Waals surface area contributed by atoms with Gasteiger partial charge in [-0.3, -0.25) is 5.32 Å². The van der Waals surface area contributed by atoms with Crippen molar-refractivity contribution in [2.75, 3.05) is 26.9 Å². The summed E-state index contributed by atoms with van der Waals surface area (Å²) in [7, 11) is 1.42. The van der Waals surface area contributed by atoms with Crippen molar-refractivity contribution >= 4 is 5.97 Å². The predicted octanol–water partition coefficient (Wildman–Crippen LogP) is 0.866. The maximum Gasteiger partial charge on any atom is 0.328 e. The van der Waals surface area contributed by atoms with Crippen LogP contribution in [0.2, 0.25) is 0 Å². The lowest BCUT2D eigenvalue weighted by Crippen LogP contribution is -2.55. The van der Waals surface area contributed by atoms with Crippen LogP contribution in [-0.4, -0.2) is 50.6 Å². The first-order valence-electron chi connectivity index (χ1n) is 6.69. The SMILES string of the molecule is COC(=O)C(C)(COC1CCOCC1)NC1CC1. The second kappa shape index (κ2) is 5.99. The monoisotopic (exact) mass is 257 g/mol. The van der Waals surface area contributed by atoms with Crippen LogP contribution in [0.5, 0.6) is 0 Å². The van der Waals surface area contributed by atoms with Crippen molar-refractivity contribution < 1.29 is 19.0 Å². The molecule has 0 radical (unpaired) electrons. The fourth-order valence-electron chi connectivity index (χ4n) is 2.19. The van der Waals surface area contributed by atoms with Crippen molar-refractivity contribution in [3.8, 4) is 0 Å². The molecule has 2 fully saturated rings. The van der Waals surface area contributed by atoms with E-state index in [1.165, 1.54) is 7.11 Å². The highest BCUT2D eigenvalue weighted by molar-refractivity contribution is 5.80. The van der Waals surface area contributed by atoms with Crippen LogP contribution in [0.3, 0.4) is 0 Å². The van der Waals surface area contributed by atoms with E-state index in [-0.39, 0.29) is 12.1 Å². The zero-order valence-electron chi connectivity index (χ0n) is 11.2. The van der Waals surface area contributed by atoms with Gasteiger partial charge in [0, 0.05) is 19.3 Å². The zero-order chi connectivity index (χ0) is 13.0. The van der Waals surface area contributed by atoms with Gasteiger partial charge in [0.05, 0.1) is 19.8 Å². The number of ether oxygens (including phenoxy) is 3. The number of hydrogen-bond donors (Lipinski definition) is 1. The first-order chi connectivity index (χ1) is 8.64. The van der Waals surface area contributed by atoms with E-state index < -0.39 is 5.54 Å². The Morgan fingerprint density at radius 3 is 2.56 bits per heavy atom. The Morgan fingerprint density at radius 2 is 2.00 bits per heavy atom. The van der Waals surface area contributed by atoms with Crippen LogP contribution in [0.4, 0.5) is 0 Å². The number of nitrogens with one attached hydrogen (secondary N) is 1. The summed E-state index contributed by atoms with van der Waals surface area (Å²) in [6.07, 6.45) is 4.26. The minimum absolute atomic E-state index is 0.198. The summed E-state index contributed by atoms with van der Waals surface area (Å²) in [4.78, 5) is 11.9. The van der Waals surface area contributed by atoms with Crippen molar-refractivity contribution in [3.63, 3.8) is 0 Å².